The van der Waals surface area contributed by atoms with Gasteiger partial charge in [0.25, 0.3) is 0 Å². The van der Waals surface area contributed by atoms with Gasteiger partial charge in [-0.15, -0.1) is 0 Å². The molecule has 0 aromatic heterocycles. The van der Waals surface area contributed by atoms with E-state index in [-0.39, 0.29) is 12.6 Å². The van der Waals surface area contributed by atoms with E-state index in [9.17, 15) is 10.2 Å². The van der Waals surface area contributed by atoms with Crippen LogP contribution in [0.4, 0.5) is 0 Å². The number of benzene rings is 4. The lowest BCUT2D eigenvalue weighted by molar-refractivity contribution is 0.124. The summed E-state index contributed by atoms with van der Waals surface area (Å²) in [5, 5.41) is 19.7. The predicted octanol–water partition coefficient (Wildman–Crippen LogP) is 5.70. The first-order valence-corrected chi connectivity index (χ1v) is 12.4. The maximum atomic E-state index is 10.1. The fraction of sp³-hybridized carbons (Fsp3) is 0.250. The predicted molar refractivity (Wildman–Crippen MR) is 148 cm³/mol. The first-order valence-electron chi connectivity index (χ1n) is 12.4. The zero-order valence-corrected chi connectivity index (χ0v) is 21.3. The molecular weight excluding hydrogens is 444 g/mol. The van der Waals surface area contributed by atoms with Gasteiger partial charge < -0.3 is 10.2 Å². The summed E-state index contributed by atoms with van der Waals surface area (Å²) in [6, 6.07) is 40.6. The standard InChI is InChI=1S/2C16H19NO/c1-17(12-14-8-4-2-5-9-14)16(13-18)15-10-6-3-7-11-15;1-17(12-14-8-4-2-5-9-14)13-16(18)15-10-6-3-7-11-15/h2*2-11,16,18H,12-13H2,1H3. The van der Waals surface area contributed by atoms with Gasteiger partial charge in [-0.25, -0.2) is 0 Å². The molecule has 0 amide bonds. The molecule has 0 bridgehead atoms. The summed E-state index contributed by atoms with van der Waals surface area (Å²) >= 11 is 0. The lowest BCUT2D eigenvalue weighted by Gasteiger charge is -2.26. The quantitative estimate of drug-likeness (QED) is 0.304. The van der Waals surface area contributed by atoms with Gasteiger partial charge in [0.05, 0.1) is 18.8 Å². The van der Waals surface area contributed by atoms with Crippen LogP contribution in [-0.2, 0) is 13.1 Å². The molecule has 0 aliphatic heterocycles. The van der Waals surface area contributed by atoms with E-state index in [0.717, 1.165) is 24.2 Å². The average Bonchev–Trinajstić information content (AvgIpc) is 2.92. The molecule has 188 valence electrons. The molecule has 4 heteroatoms. The first-order chi connectivity index (χ1) is 17.6. The van der Waals surface area contributed by atoms with Crippen LogP contribution in [0.1, 0.15) is 34.4 Å². The van der Waals surface area contributed by atoms with Crippen LogP contribution in [0.25, 0.3) is 0 Å². The van der Waals surface area contributed by atoms with Gasteiger partial charge in [-0.3, -0.25) is 9.80 Å². The fourth-order valence-electron chi connectivity index (χ4n) is 4.19. The van der Waals surface area contributed by atoms with E-state index in [1.54, 1.807) is 0 Å². The van der Waals surface area contributed by atoms with Gasteiger partial charge in [0.2, 0.25) is 0 Å². The molecule has 0 saturated heterocycles. The molecule has 0 fully saturated rings. The van der Waals surface area contributed by atoms with E-state index in [1.807, 2.05) is 99.0 Å². The second-order valence-corrected chi connectivity index (χ2v) is 9.12. The van der Waals surface area contributed by atoms with Gasteiger partial charge in [0.1, 0.15) is 0 Å². The third kappa shape index (κ3) is 9.06. The lowest BCUT2D eigenvalue weighted by Crippen LogP contribution is -2.26. The van der Waals surface area contributed by atoms with Gasteiger partial charge in [-0.05, 0) is 36.3 Å². The maximum absolute atomic E-state index is 10.1. The van der Waals surface area contributed by atoms with Crippen molar-refractivity contribution in [2.75, 3.05) is 27.2 Å². The van der Waals surface area contributed by atoms with Gasteiger partial charge in [-0.1, -0.05) is 121 Å². The molecule has 2 N–H and O–H groups in total. The highest BCUT2D eigenvalue weighted by atomic mass is 16.3. The Morgan fingerprint density at radius 1 is 0.583 bits per heavy atom. The molecule has 0 heterocycles. The average molecular weight is 483 g/mol. The number of aliphatic hydroxyl groups excluding tert-OH is 2. The highest BCUT2D eigenvalue weighted by molar-refractivity contribution is 5.21. The Kier molecular flexibility index (Phi) is 11.4. The SMILES string of the molecule is CN(Cc1ccccc1)C(CO)c1ccccc1.CN(Cc1ccccc1)CC(O)c1ccccc1. The normalized spacial score (nSPS) is 12.6. The third-order valence-corrected chi connectivity index (χ3v) is 6.13. The molecule has 0 aliphatic rings. The summed E-state index contributed by atoms with van der Waals surface area (Å²) in [6.07, 6.45) is -0.431. The Bertz CT molecular complexity index is 1090. The number of aliphatic hydroxyl groups is 2. The Morgan fingerprint density at radius 3 is 1.47 bits per heavy atom. The van der Waals surface area contributed by atoms with Gasteiger partial charge in [-0.2, -0.15) is 0 Å². The van der Waals surface area contributed by atoms with Crippen molar-refractivity contribution in [2.24, 2.45) is 0 Å². The monoisotopic (exact) mass is 482 g/mol. The van der Waals surface area contributed by atoms with Crippen LogP contribution in [0.5, 0.6) is 0 Å². The molecule has 2 atom stereocenters. The molecule has 0 aliphatic carbocycles. The van der Waals surface area contributed by atoms with E-state index in [1.165, 1.54) is 11.1 Å². The van der Waals surface area contributed by atoms with Crippen molar-refractivity contribution in [2.45, 2.75) is 25.2 Å². The second-order valence-electron chi connectivity index (χ2n) is 9.12. The summed E-state index contributed by atoms with van der Waals surface area (Å²) in [5.74, 6) is 0. The minimum Gasteiger partial charge on any atom is -0.394 e. The van der Waals surface area contributed by atoms with Crippen LogP contribution in [0, 0.1) is 0 Å². The molecule has 4 aromatic carbocycles. The van der Waals surface area contributed by atoms with E-state index in [4.69, 9.17) is 0 Å². The van der Waals surface area contributed by atoms with Crippen LogP contribution in [0.3, 0.4) is 0 Å². The van der Waals surface area contributed by atoms with Crippen molar-refractivity contribution in [1.29, 1.82) is 0 Å². The second kappa shape index (κ2) is 15.0. The zero-order chi connectivity index (χ0) is 25.6. The molecule has 4 nitrogen and oxygen atoms in total. The Morgan fingerprint density at radius 2 is 1.00 bits per heavy atom. The van der Waals surface area contributed by atoms with Gasteiger partial charge in [0, 0.05) is 19.6 Å². The van der Waals surface area contributed by atoms with E-state index >= 15 is 0 Å². The number of hydrogen-bond acceptors (Lipinski definition) is 4. The van der Waals surface area contributed by atoms with E-state index < -0.39 is 6.10 Å². The molecule has 2 unspecified atom stereocenters. The summed E-state index contributed by atoms with van der Waals surface area (Å²) in [6.45, 7) is 2.46. The highest BCUT2D eigenvalue weighted by Gasteiger charge is 2.15. The van der Waals surface area contributed by atoms with Crippen molar-refractivity contribution in [1.82, 2.24) is 9.80 Å². The number of likely N-dealkylation sites (N-methyl/N-ethyl adjacent to an activating group) is 2. The van der Waals surface area contributed by atoms with Crippen molar-refractivity contribution >= 4 is 0 Å². The fourth-order valence-corrected chi connectivity index (χ4v) is 4.19. The largest absolute Gasteiger partial charge is 0.394 e. The molecular formula is C32H38N2O2. The molecule has 0 radical (unpaired) electrons. The van der Waals surface area contributed by atoms with Crippen molar-refractivity contribution in [3.8, 4) is 0 Å². The van der Waals surface area contributed by atoms with Crippen molar-refractivity contribution in [3.63, 3.8) is 0 Å². The minimum absolute atomic E-state index is 0.0476. The number of hydrogen-bond donors (Lipinski definition) is 2. The van der Waals surface area contributed by atoms with Crippen LogP contribution in [0.2, 0.25) is 0 Å². The first kappa shape index (κ1) is 27.3. The van der Waals surface area contributed by atoms with Crippen LogP contribution in [-0.4, -0.2) is 47.3 Å². The van der Waals surface area contributed by atoms with Gasteiger partial charge >= 0.3 is 0 Å². The molecule has 4 aromatic rings. The summed E-state index contributed by atoms with van der Waals surface area (Å²) in [4.78, 5) is 4.30. The van der Waals surface area contributed by atoms with Crippen LogP contribution in [0.15, 0.2) is 121 Å². The molecule has 36 heavy (non-hydrogen) atoms. The molecule has 0 spiro atoms. The summed E-state index contributed by atoms with van der Waals surface area (Å²) in [7, 11) is 4.07. The Labute approximate surface area is 216 Å². The van der Waals surface area contributed by atoms with E-state index in [2.05, 4.69) is 46.2 Å². The topological polar surface area (TPSA) is 46.9 Å². The number of nitrogens with zero attached hydrogens (tertiary/aromatic N) is 2. The smallest absolute Gasteiger partial charge is 0.0916 e. The molecule has 4 rings (SSSR count). The summed E-state index contributed by atoms with van der Waals surface area (Å²) in [5.41, 5.74) is 4.64. The maximum Gasteiger partial charge on any atom is 0.0916 e. The number of rotatable bonds is 10. The minimum atomic E-state index is -0.431. The van der Waals surface area contributed by atoms with Gasteiger partial charge in [0.15, 0.2) is 0 Å². The zero-order valence-electron chi connectivity index (χ0n) is 21.3. The Balaban J connectivity index is 0.000000201. The lowest BCUT2D eigenvalue weighted by atomic mass is 10.1. The third-order valence-electron chi connectivity index (χ3n) is 6.13. The van der Waals surface area contributed by atoms with Crippen LogP contribution < -0.4 is 0 Å². The Hall–Kier alpha value is -3.28. The molecule has 0 saturated carbocycles. The van der Waals surface area contributed by atoms with Crippen LogP contribution >= 0.6 is 0 Å². The highest BCUT2D eigenvalue weighted by Crippen LogP contribution is 2.20. The van der Waals surface area contributed by atoms with E-state index in [0.29, 0.717) is 6.54 Å². The summed E-state index contributed by atoms with van der Waals surface area (Å²) < 4.78 is 0. The van der Waals surface area contributed by atoms with Crippen molar-refractivity contribution < 1.29 is 10.2 Å². The van der Waals surface area contributed by atoms with Crippen molar-refractivity contribution in [3.05, 3.63) is 144 Å².